The summed E-state index contributed by atoms with van der Waals surface area (Å²) in [6.45, 7) is 13.6. The van der Waals surface area contributed by atoms with E-state index in [1.165, 1.54) is 4.68 Å². The summed E-state index contributed by atoms with van der Waals surface area (Å²) < 4.78 is 18.5. The van der Waals surface area contributed by atoms with Crippen molar-refractivity contribution in [3.63, 3.8) is 0 Å². The van der Waals surface area contributed by atoms with Gasteiger partial charge in [-0.3, -0.25) is 0 Å². The zero-order valence-corrected chi connectivity index (χ0v) is 14.5. The normalized spacial score (nSPS) is 20.2. The molecule has 1 saturated heterocycles. The van der Waals surface area contributed by atoms with Crippen LogP contribution in [0.25, 0.3) is 0 Å². The van der Waals surface area contributed by atoms with E-state index in [1.54, 1.807) is 12.4 Å². The molecular weight excluding hydrogens is 283 g/mol. The number of aromatic nitrogens is 2. The van der Waals surface area contributed by atoms with Gasteiger partial charge >= 0.3 is 13.2 Å². The lowest BCUT2D eigenvalue weighted by Gasteiger charge is -2.32. The molecule has 2 rings (SSSR count). The Bertz CT molecular complexity index is 550. The molecule has 6 nitrogen and oxygen atoms in total. The van der Waals surface area contributed by atoms with Gasteiger partial charge in [-0.1, -0.05) is 6.92 Å². The van der Waals surface area contributed by atoms with Gasteiger partial charge in [0.15, 0.2) is 0 Å². The number of hydrogen-bond acceptors (Lipinski definition) is 5. The SMILES string of the molecule is CCC(C)(C)OC(=O)n1cc(B2OC(C)(C)C(C)(C)O2)cn1. The van der Waals surface area contributed by atoms with Gasteiger partial charge in [0.2, 0.25) is 0 Å². The first-order chi connectivity index (χ1) is 9.97. The van der Waals surface area contributed by atoms with Crippen molar-refractivity contribution < 1.29 is 18.8 Å². The van der Waals surface area contributed by atoms with Crippen LogP contribution in [-0.2, 0) is 14.0 Å². The molecule has 0 saturated carbocycles. The average molecular weight is 308 g/mol. The molecule has 1 aliphatic heterocycles. The van der Waals surface area contributed by atoms with Gasteiger partial charge in [-0.05, 0) is 48.0 Å². The van der Waals surface area contributed by atoms with E-state index < -0.39 is 30.0 Å². The molecule has 0 radical (unpaired) electrons. The second-order valence-electron chi connectivity index (χ2n) is 7.29. The van der Waals surface area contributed by atoms with Gasteiger partial charge in [0.1, 0.15) is 5.60 Å². The maximum atomic E-state index is 12.1. The number of rotatable bonds is 3. The van der Waals surface area contributed by atoms with Crippen molar-refractivity contribution in [3.8, 4) is 0 Å². The number of hydrogen-bond donors (Lipinski definition) is 0. The summed E-state index contributed by atoms with van der Waals surface area (Å²) in [5.41, 5.74) is -0.674. The summed E-state index contributed by atoms with van der Waals surface area (Å²) >= 11 is 0. The Kier molecular flexibility index (Phi) is 4.17. The highest BCUT2D eigenvalue weighted by atomic mass is 16.7. The molecule has 0 bridgehead atoms. The zero-order chi connectivity index (χ0) is 16.8. The minimum absolute atomic E-state index is 0.426. The van der Waals surface area contributed by atoms with E-state index in [2.05, 4.69) is 5.10 Å². The fourth-order valence-electron chi connectivity index (χ4n) is 1.89. The van der Waals surface area contributed by atoms with Crippen LogP contribution in [0, 0.1) is 0 Å². The first kappa shape index (κ1) is 17.0. The van der Waals surface area contributed by atoms with Crippen LogP contribution in [0.1, 0.15) is 54.9 Å². The van der Waals surface area contributed by atoms with Gasteiger partial charge in [0.25, 0.3) is 0 Å². The van der Waals surface area contributed by atoms with Crippen LogP contribution in [0.4, 0.5) is 4.79 Å². The molecule has 2 heterocycles. The minimum Gasteiger partial charge on any atom is -0.442 e. The zero-order valence-electron chi connectivity index (χ0n) is 14.5. The van der Waals surface area contributed by atoms with Crippen LogP contribution in [0.5, 0.6) is 0 Å². The van der Waals surface area contributed by atoms with Gasteiger partial charge in [0, 0.05) is 17.9 Å². The maximum absolute atomic E-state index is 12.1. The van der Waals surface area contributed by atoms with Crippen LogP contribution in [-0.4, -0.2) is 39.8 Å². The molecule has 0 spiro atoms. The van der Waals surface area contributed by atoms with Crippen molar-refractivity contribution >= 4 is 18.7 Å². The molecule has 22 heavy (non-hydrogen) atoms. The highest BCUT2D eigenvalue weighted by Gasteiger charge is 2.52. The van der Waals surface area contributed by atoms with Crippen molar-refractivity contribution in [1.29, 1.82) is 0 Å². The first-order valence-corrected chi connectivity index (χ1v) is 7.61. The summed E-state index contributed by atoms with van der Waals surface area (Å²) in [6.07, 6.45) is 3.39. The molecule has 0 aliphatic carbocycles. The predicted molar refractivity (Wildman–Crippen MR) is 84.2 cm³/mol. The van der Waals surface area contributed by atoms with Gasteiger partial charge < -0.3 is 14.0 Å². The van der Waals surface area contributed by atoms with Crippen LogP contribution in [0.3, 0.4) is 0 Å². The van der Waals surface area contributed by atoms with Crippen LogP contribution >= 0.6 is 0 Å². The molecule has 1 aromatic heterocycles. The largest absolute Gasteiger partial charge is 0.498 e. The summed E-state index contributed by atoms with van der Waals surface area (Å²) in [5.74, 6) is 0. The quantitative estimate of drug-likeness (QED) is 0.802. The topological polar surface area (TPSA) is 62.6 Å². The Labute approximate surface area is 132 Å². The summed E-state index contributed by atoms with van der Waals surface area (Å²) in [7, 11) is -0.536. The van der Waals surface area contributed by atoms with Crippen molar-refractivity contribution in [1.82, 2.24) is 9.78 Å². The Hall–Kier alpha value is -1.34. The molecule has 0 aromatic carbocycles. The minimum atomic E-state index is -0.536. The fraction of sp³-hybridized carbons (Fsp3) is 0.733. The lowest BCUT2D eigenvalue weighted by Crippen LogP contribution is -2.41. The van der Waals surface area contributed by atoms with Gasteiger partial charge in [-0.2, -0.15) is 9.78 Å². The van der Waals surface area contributed by atoms with Gasteiger partial charge in [-0.25, -0.2) is 4.79 Å². The van der Waals surface area contributed by atoms with Crippen molar-refractivity contribution in [2.24, 2.45) is 0 Å². The fourth-order valence-corrected chi connectivity index (χ4v) is 1.89. The summed E-state index contributed by atoms with van der Waals surface area (Å²) in [6, 6.07) is 0. The first-order valence-electron chi connectivity index (χ1n) is 7.61. The van der Waals surface area contributed by atoms with E-state index in [0.717, 1.165) is 6.42 Å². The number of ether oxygens (including phenoxy) is 1. The molecular formula is C15H25BN2O4. The monoisotopic (exact) mass is 308 g/mol. The Morgan fingerprint density at radius 3 is 2.36 bits per heavy atom. The summed E-state index contributed by atoms with van der Waals surface area (Å²) in [5, 5.41) is 4.06. The van der Waals surface area contributed by atoms with E-state index in [1.807, 2.05) is 48.5 Å². The standard InChI is InChI=1S/C15H25BN2O4/c1-8-13(2,3)20-12(19)18-10-11(9-17-18)16-21-14(4,5)15(6,7)22-16/h9-10H,8H2,1-7H3. The van der Waals surface area contributed by atoms with Crippen molar-refractivity contribution in [2.45, 2.75) is 71.7 Å². The Balaban J connectivity index is 2.12. The highest BCUT2D eigenvalue weighted by Crippen LogP contribution is 2.36. The lowest BCUT2D eigenvalue weighted by molar-refractivity contribution is 0.00578. The molecule has 122 valence electrons. The van der Waals surface area contributed by atoms with E-state index in [-0.39, 0.29) is 0 Å². The molecule has 7 heteroatoms. The maximum Gasteiger partial charge on any atom is 0.498 e. The molecule has 1 aliphatic rings. The van der Waals surface area contributed by atoms with Crippen LogP contribution in [0.15, 0.2) is 12.4 Å². The smallest absolute Gasteiger partial charge is 0.442 e. The predicted octanol–water partition coefficient (Wildman–Crippen LogP) is 2.36. The third-order valence-corrected chi connectivity index (χ3v) is 4.53. The molecule has 0 atom stereocenters. The van der Waals surface area contributed by atoms with E-state index in [4.69, 9.17) is 14.0 Å². The second-order valence-corrected chi connectivity index (χ2v) is 7.29. The van der Waals surface area contributed by atoms with E-state index >= 15 is 0 Å². The van der Waals surface area contributed by atoms with E-state index in [0.29, 0.717) is 5.46 Å². The highest BCUT2D eigenvalue weighted by molar-refractivity contribution is 6.62. The number of carbonyl (C=O) groups excluding carboxylic acids is 1. The lowest BCUT2D eigenvalue weighted by atomic mass is 9.82. The third-order valence-electron chi connectivity index (χ3n) is 4.53. The van der Waals surface area contributed by atoms with Crippen LogP contribution < -0.4 is 5.46 Å². The molecule has 0 amide bonds. The van der Waals surface area contributed by atoms with Gasteiger partial charge in [0.05, 0.1) is 11.2 Å². The van der Waals surface area contributed by atoms with E-state index in [9.17, 15) is 4.79 Å². The third kappa shape index (κ3) is 3.20. The summed E-state index contributed by atoms with van der Waals surface area (Å²) in [4.78, 5) is 12.1. The molecule has 1 aromatic rings. The van der Waals surface area contributed by atoms with Crippen molar-refractivity contribution in [2.75, 3.05) is 0 Å². The molecule has 0 unspecified atom stereocenters. The Morgan fingerprint density at radius 1 is 1.32 bits per heavy atom. The number of carbonyl (C=O) groups is 1. The average Bonchev–Trinajstić information content (AvgIpc) is 2.93. The van der Waals surface area contributed by atoms with Gasteiger partial charge in [-0.15, -0.1) is 0 Å². The molecule has 1 fully saturated rings. The van der Waals surface area contributed by atoms with Crippen LogP contribution in [0.2, 0.25) is 0 Å². The molecule has 0 N–H and O–H groups in total. The Morgan fingerprint density at radius 2 is 1.86 bits per heavy atom. The number of nitrogens with zero attached hydrogens (tertiary/aromatic N) is 2. The second kappa shape index (κ2) is 5.39. The van der Waals surface area contributed by atoms with Crippen molar-refractivity contribution in [3.05, 3.63) is 12.4 Å².